The van der Waals surface area contributed by atoms with E-state index in [0.29, 0.717) is 19.8 Å². The van der Waals surface area contributed by atoms with Crippen LogP contribution in [0.5, 0.6) is 11.5 Å². The van der Waals surface area contributed by atoms with Crippen LogP contribution in [-0.4, -0.2) is 24.7 Å². The molecule has 4 nitrogen and oxygen atoms in total. The van der Waals surface area contributed by atoms with Gasteiger partial charge >= 0.3 is 0 Å². The highest BCUT2D eigenvalue weighted by atomic mass is 32.1. The number of thiazole rings is 1. The van der Waals surface area contributed by atoms with Crippen LogP contribution in [0.3, 0.4) is 0 Å². The molecule has 21 heavy (non-hydrogen) atoms. The van der Waals surface area contributed by atoms with Crippen LogP contribution >= 0.6 is 11.3 Å². The van der Waals surface area contributed by atoms with Crippen LogP contribution in [0.25, 0.3) is 0 Å². The van der Waals surface area contributed by atoms with Gasteiger partial charge in [0.2, 0.25) is 0 Å². The Labute approximate surface area is 129 Å². The molecule has 1 aromatic carbocycles. The number of nitrogens with zero attached hydrogens (tertiary/aromatic N) is 1. The van der Waals surface area contributed by atoms with Gasteiger partial charge in [-0.15, -0.1) is 11.3 Å². The summed E-state index contributed by atoms with van der Waals surface area (Å²) in [6.45, 7) is 5.78. The maximum absolute atomic E-state index is 5.90. The van der Waals surface area contributed by atoms with Gasteiger partial charge < -0.3 is 15.2 Å². The number of hydrogen-bond acceptors (Lipinski definition) is 5. The molecule has 2 aromatic rings. The monoisotopic (exact) mass is 306 g/mol. The Morgan fingerprint density at radius 2 is 1.95 bits per heavy atom. The molecular formula is C16H22N2O2S. The third kappa shape index (κ3) is 4.19. The molecule has 0 radical (unpaired) electrons. The Bertz CT molecular complexity index is 543. The zero-order valence-corrected chi connectivity index (χ0v) is 13.4. The molecule has 0 saturated heterocycles. The minimum absolute atomic E-state index is 0.248. The molecule has 2 rings (SSSR count). The van der Waals surface area contributed by atoms with Crippen molar-refractivity contribution in [2.75, 3.05) is 19.8 Å². The van der Waals surface area contributed by atoms with E-state index in [1.807, 2.05) is 37.6 Å². The van der Waals surface area contributed by atoms with Crippen molar-refractivity contribution in [3.05, 3.63) is 40.3 Å². The standard InChI is InChI=1S/C16H22N2O2S/c1-3-19-14-6-5-12(10-15(14)20-4-2)9-13(11-17)16-18-7-8-21-16/h5-8,10,13H,3-4,9,11,17H2,1-2H3. The first kappa shape index (κ1) is 15.8. The lowest BCUT2D eigenvalue weighted by atomic mass is 9.99. The van der Waals surface area contributed by atoms with E-state index in [-0.39, 0.29) is 5.92 Å². The third-order valence-electron chi connectivity index (χ3n) is 3.18. The molecule has 1 unspecified atom stereocenters. The lowest BCUT2D eigenvalue weighted by Gasteiger charge is -2.15. The summed E-state index contributed by atoms with van der Waals surface area (Å²) in [4.78, 5) is 4.37. The SMILES string of the molecule is CCOc1ccc(CC(CN)c2nccs2)cc1OCC. The number of benzene rings is 1. The summed E-state index contributed by atoms with van der Waals surface area (Å²) in [5, 5.41) is 3.08. The van der Waals surface area contributed by atoms with Crippen molar-refractivity contribution >= 4 is 11.3 Å². The van der Waals surface area contributed by atoms with Gasteiger partial charge in [-0.3, -0.25) is 0 Å². The Balaban J connectivity index is 2.17. The predicted molar refractivity (Wildman–Crippen MR) is 86.4 cm³/mol. The van der Waals surface area contributed by atoms with Crippen molar-refractivity contribution in [2.24, 2.45) is 5.73 Å². The number of rotatable bonds is 8. The summed E-state index contributed by atoms with van der Waals surface area (Å²) in [5.74, 6) is 1.84. The normalized spacial score (nSPS) is 12.1. The summed E-state index contributed by atoms with van der Waals surface area (Å²) < 4.78 is 11.3. The molecule has 0 aliphatic carbocycles. The molecular weight excluding hydrogens is 284 g/mol. The van der Waals surface area contributed by atoms with Crippen molar-refractivity contribution in [1.82, 2.24) is 4.98 Å². The Morgan fingerprint density at radius 3 is 2.57 bits per heavy atom. The summed E-state index contributed by atoms with van der Waals surface area (Å²) in [6, 6.07) is 6.09. The van der Waals surface area contributed by atoms with E-state index in [4.69, 9.17) is 15.2 Å². The molecule has 1 heterocycles. The van der Waals surface area contributed by atoms with E-state index >= 15 is 0 Å². The van der Waals surface area contributed by atoms with Gasteiger partial charge in [-0.2, -0.15) is 0 Å². The van der Waals surface area contributed by atoms with Crippen LogP contribution in [0.1, 0.15) is 30.3 Å². The van der Waals surface area contributed by atoms with Gasteiger partial charge in [-0.05, 0) is 38.0 Å². The predicted octanol–water partition coefficient (Wildman–Crippen LogP) is 3.23. The summed E-state index contributed by atoms with van der Waals surface area (Å²) in [5.41, 5.74) is 7.08. The van der Waals surface area contributed by atoms with Gasteiger partial charge in [0.15, 0.2) is 11.5 Å². The second-order valence-electron chi connectivity index (χ2n) is 4.65. The van der Waals surface area contributed by atoms with Gasteiger partial charge in [0.05, 0.1) is 18.2 Å². The van der Waals surface area contributed by atoms with E-state index in [2.05, 4.69) is 11.1 Å². The van der Waals surface area contributed by atoms with E-state index in [1.54, 1.807) is 11.3 Å². The molecule has 0 fully saturated rings. The average molecular weight is 306 g/mol. The first-order chi connectivity index (χ1) is 10.3. The van der Waals surface area contributed by atoms with Crippen LogP contribution in [0.15, 0.2) is 29.8 Å². The molecule has 5 heteroatoms. The van der Waals surface area contributed by atoms with Gasteiger partial charge in [0, 0.05) is 24.0 Å². The topological polar surface area (TPSA) is 57.4 Å². The van der Waals surface area contributed by atoms with E-state index in [9.17, 15) is 0 Å². The molecule has 2 N–H and O–H groups in total. The fraction of sp³-hybridized carbons (Fsp3) is 0.438. The molecule has 0 amide bonds. The highest BCUT2D eigenvalue weighted by molar-refractivity contribution is 7.09. The first-order valence-corrected chi connectivity index (χ1v) is 8.14. The molecule has 1 atom stereocenters. The van der Waals surface area contributed by atoms with Gasteiger partial charge in [0.1, 0.15) is 0 Å². The minimum Gasteiger partial charge on any atom is -0.490 e. The molecule has 1 aromatic heterocycles. The van der Waals surface area contributed by atoms with Gasteiger partial charge in [0.25, 0.3) is 0 Å². The Kier molecular flexibility index (Phi) is 6.02. The molecule has 0 aliphatic rings. The number of hydrogen-bond donors (Lipinski definition) is 1. The lowest BCUT2D eigenvalue weighted by Crippen LogP contribution is -2.15. The third-order valence-corrected chi connectivity index (χ3v) is 4.11. The highest BCUT2D eigenvalue weighted by Crippen LogP contribution is 2.31. The summed E-state index contributed by atoms with van der Waals surface area (Å²) in [6.07, 6.45) is 2.68. The quantitative estimate of drug-likeness (QED) is 0.813. The van der Waals surface area contributed by atoms with Crippen molar-refractivity contribution in [1.29, 1.82) is 0 Å². The fourth-order valence-electron chi connectivity index (χ4n) is 2.21. The number of aromatic nitrogens is 1. The van der Waals surface area contributed by atoms with E-state index in [0.717, 1.165) is 22.9 Å². The molecule has 0 saturated carbocycles. The zero-order chi connectivity index (χ0) is 15.1. The Hall–Kier alpha value is -1.59. The lowest BCUT2D eigenvalue weighted by molar-refractivity contribution is 0.287. The van der Waals surface area contributed by atoms with Crippen LogP contribution in [0.4, 0.5) is 0 Å². The number of ether oxygens (including phenoxy) is 2. The maximum atomic E-state index is 5.90. The van der Waals surface area contributed by atoms with E-state index < -0.39 is 0 Å². The fourth-order valence-corrected chi connectivity index (χ4v) is 2.97. The van der Waals surface area contributed by atoms with Crippen molar-refractivity contribution in [3.63, 3.8) is 0 Å². The van der Waals surface area contributed by atoms with Crippen molar-refractivity contribution in [3.8, 4) is 11.5 Å². The summed E-state index contributed by atoms with van der Waals surface area (Å²) in [7, 11) is 0. The average Bonchev–Trinajstić information content (AvgIpc) is 3.02. The second kappa shape index (κ2) is 8.00. The molecule has 0 bridgehead atoms. The minimum atomic E-state index is 0.248. The van der Waals surface area contributed by atoms with Crippen LogP contribution in [0.2, 0.25) is 0 Å². The molecule has 0 spiro atoms. The molecule has 114 valence electrons. The summed E-state index contributed by atoms with van der Waals surface area (Å²) >= 11 is 1.65. The largest absolute Gasteiger partial charge is 0.490 e. The smallest absolute Gasteiger partial charge is 0.161 e. The van der Waals surface area contributed by atoms with Crippen molar-refractivity contribution in [2.45, 2.75) is 26.2 Å². The second-order valence-corrected chi connectivity index (χ2v) is 5.58. The highest BCUT2D eigenvalue weighted by Gasteiger charge is 2.15. The van der Waals surface area contributed by atoms with Crippen LogP contribution in [0, 0.1) is 0 Å². The van der Waals surface area contributed by atoms with Crippen molar-refractivity contribution < 1.29 is 9.47 Å². The molecule has 0 aliphatic heterocycles. The Morgan fingerprint density at radius 1 is 1.19 bits per heavy atom. The van der Waals surface area contributed by atoms with Gasteiger partial charge in [-0.25, -0.2) is 4.98 Å². The zero-order valence-electron chi connectivity index (χ0n) is 12.5. The van der Waals surface area contributed by atoms with E-state index in [1.165, 1.54) is 5.56 Å². The number of nitrogens with two attached hydrogens (primary N) is 1. The maximum Gasteiger partial charge on any atom is 0.161 e. The first-order valence-electron chi connectivity index (χ1n) is 7.26. The van der Waals surface area contributed by atoms with Crippen LogP contribution in [-0.2, 0) is 6.42 Å². The van der Waals surface area contributed by atoms with Crippen LogP contribution < -0.4 is 15.2 Å². The van der Waals surface area contributed by atoms with Gasteiger partial charge in [-0.1, -0.05) is 6.07 Å².